The van der Waals surface area contributed by atoms with E-state index >= 15 is 0 Å². The molecule has 0 atom stereocenters. The van der Waals surface area contributed by atoms with Gasteiger partial charge in [-0.25, -0.2) is 4.98 Å². The number of fused-ring (bicyclic) bond motifs is 1. The molecule has 0 bridgehead atoms. The third kappa shape index (κ3) is 4.35. The molecule has 0 amide bonds. The van der Waals surface area contributed by atoms with Crippen molar-refractivity contribution < 1.29 is 4.42 Å². The number of hydrogen-bond donors (Lipinski definition) is 2. The summed E-state index contributed by atoms with van der Waals surface area (Å²) in [6, 6.07) is 10.2. The van der Waals surface area contributed by atoms with Crippen molar-refractivity contribution in [2.45, 2.75) is 19.8 Å². The quantitative estimate of drug-likeness (QED) is 0.534. The van der Waals surface area contributed by atoms with Gasteiger partial charge in [0.25, 0.3) is 0 Å². The minimum Gasteiger partial charge on any atom is -0.461 e. The molecule has 0 aliphatic heterocycles. The molecule has 0 saturated heterocycles. The van der Waals surface area contributed by atoms with Crippen LogP contribution in [0.1, 0.15) is 16.5 Å². The molecule has 2 N–H and O–H groups in total. The summed E-state index contributed by atoms with van der Waals surface area (Å²) in [5.74, 6) is 1.79. The number of rotatable bonds is 6. The van der Waals surface area contributed by atoms with Crippen molar-refractivity contribution in [1.82, 2.24) is 15.6 Å². The Bertz CT molecular complexity index is 788. The molecule has 126 valence electrons. The first-order chi connectivity index (χ1) is 11.7. The summed E-state index contributed by atoms with van der Waals surface area (Å²) in [7, 11) is 1.78. The van der Waals surface area contributed by atoms with Crippen molar-refractivity contribution in [3.8, 4) is 0 Å². The van der Waals surface area contributed by atoms with E-state index in [1.165, 1.54) is 0 Å². The maximum atomic E-state index is 5.82. The first-order valence-corrected chi connectivity index (χ1v) is 8.95. The SMILES string of the molecule is CN=C(NCCc1csc(C)n1)NCCc1cc2ccccc2o1. The third-order valence-corrected chi connectivity index (χ3v) is 4.53. The van der Waals surface area contributed by atoms with Gasteiger partial charge in [0.2, 0.25) is 0 Å². The lowest BCUT2D eigenvalue weighted by atomic mass is 10.2. The van der Waals surface area contributed by atoms with E-state index in [0.29, 0.717) is 0 Å². The second kappa shape index (κ2) is 7.97. The average Bonchev–Trinajstić information content (AvgIpc) is 3.19. The number of aromatic nitrogens is 1. The highest BCUT2D eigenvalue weighted by molar-refractivity contribution is 7.09. The summed E-state index contributed by atoms with van der Waals surface area (Å²) in [6.07, 6.45) is 1.72. The Balaban J connectivity index is 1.42. The number of nitrogens with zero attached hydrogens (tertiary/aromatic N) is 2. The van der Waals surface area contributed by atoms with E-state index in [1.54, 1.807) is 18.4 Å². The van der Waals surface area contributed by atoms with Crippen LogP contribution in [0.5, 0.6) is 0 Å². The summed E-state index contributed by atoms with van der Waals surface area (Å²) in [4.78, 5) is 8.71. The van der Waals surface area contributed by atoms with Crippen LogP contribution in [0.25, 0.3) is 11.0 Å². The lowest BCUT2D eigenvalue weighted by molar-refractivity contribution is 0.544. The van der Waals surface area contributed by atoms with Gasteiger partial charge in [-0.3, -0.25) is 4.99 Å². The van der Waals surface area contributed by atoms with Crippen LogP contribution >= 0.6 is 11.3 Å². The molecule has 6 heteroatoms. The number of aryl methyl sites for hydroxylation is 1. The Morgan fingerprint density at radius 1 is 1.21 bits per heavy atom. The number of benzene rings is 1. The van der Waals surface area contributed by atoms with E-state index < -0.39 is 0 Å². The molecule has 3 rings (SSSR count). The van der Waals surface area contributed by atoms with E-state index in [1.807, 2.05) is 25.1 Å². The molecule has 0 spiro atoms. The number of hydrogen-bond acceptors (Lipinski definition) is 4. The van der Waals surface area contributed by atoms with Crippen molar-refractivity contribution in [2.24, 2.45) is 4.99 Å². The number of para-hydroxylation sites is 1. The molecule has 0 aliphatic carbocycles. The average molecular weight is 342 g/mol. The summed E-state index contributed by atoms with van der Waals surface area (Å²) in [6.45, 7) is 3.61. The van der Waals surface area contributed by atoms with E-state index in [9.17, 15) is 0 Å². The first kappa shape index (κ1) is 16.5. The Labute approximate surface area is 145 Å². The minimum atomic E-state index is 0.773. The number of aliphatic imine (C=N–C) groups is 1. The predicted octanol–water partition coefficient (Wildman–Crippen LogP) is 3.15. The molecule has 2 aromatic heterocycles. The van der Waals surface area contributed by atoms with E-state index in [0.717, 1.165) is 59.3 Å². The van der Waals surface area contributed by atoms with Crippen LogP contribution in [0, 0.1) is 6.92 Å². The van der Waals surface area contributed by atoms with Crippen LogP contribution in [0.2, 0.25) is 0 Å². The summed E-state index contributed by atoms with van der Waals surface area (Å²) < 4.78 is 5.82. The zero-order chi connectivity index (χ0) is 16.8. The van der Waals surface area contributed by atoms with Crippen molar-refractivity contribution in [1.29, 1.82) is 0 Å². The largest absolute Gasteiger partial charge is 0.461 e. The van der Waals surface area contributed by atoms with Gasteiger partial charge >= 0.3 is 0 Å². The van der Waals surface area contributed by atoms with Crippen LogP contribution in [0.15, 0.2) is 45.1 Å². The molecular formula is C18H22N4OS. The zero-order valence-electron chi connectivity index (χ0n) is 14.0. The van der Waals surface area contributed by atoms with Crippen molar-refractivity contribution in [2.75, 3.05) is 20.1 Å². The van der Waals surface area contributed by atoms with Gasteiger partial charge in [0.05, 0.1) is 10.7 Å². The fraction of sp³-hybridized carbons (Fsp3) is 0.333. The molecule has 0 saturated carbocycles. The van der Waals surface area contributed by atoms with Crippen molar-refractivity contribution in [3.05, 3.63) is 52.2 Å². The van der Waals surface area contributed by atoms with Gasteiger partial charge in [-0.2, -0.15) is 0 Å². The molecule has 1 aromatic carbocycles. The highest BCUT2D eigenvalue weighted by atomic mass is 32.1. The maximum absolute atomic E-state index is 5.82. The van der Waals surface area contributed by atoms with Gasteiger partial charge < -0.3 is 15.1 Å². The van der Waals surface area contributed by atoms with Gasteiger partial charge in [0.1, 0.15) is 11.3 Å². The fourth-order valence-electron chi connectivity index (χ4n) is 2.52. The molecule has 0 unspecified atom stereocenters. The highest BCUT2D eigenvalue weighted by Gasteiger charge is 2.04. The molecule has 3 aromatic rings. The van der Waals surface area contributed by atoms with Crippen LogP contribution < -0.4 is 10.6 Å². The summed E-state index contributed by atoms with van der Waals surface area (Å²) in [5.41, 5.74) is 2.07. The normalized spacial score (nSPS) is 11.8. The summed E-state index contributed by atoms with van der Waals surface area (Å²) >= 11 is 1.69. The molecule has 0 fully saturated rings. The van der Waals surface area contributed by atoms with Gasteiger partial charge in [-0.1, -0.05) is 18.2 Å². The van der Waals surface area contributed by atoms with Crippen LogP contribution in [0.3, 0.4) is 0 Å². The molecular weight excluding hydrogens is 320 g/mol. The van der Waals surface area contributed by atoms with E-state index in [2.05, 4.69) is 38.1 Å². The molecule has 0 radical (unpaired) electrons. The second-order valence-corrected chi connectivity index (χ2v) is 6.60. The number of guanidine groups is 1. The topological polar surface area (TPSA) is 62.5 Å². The maximum Gasteiger partial charge on any atom is 0.191 e. The zero-order valence-corrected chi connectivity index (χ0v) is 14.8. The number of furan rings is 1. The molecule has 2 heterocycles. The summed E-state index contributed by atoms with van der Waals surface area (Å²) in [5, 5.41) is 11.0. The lowest BCUT2D eigenvalue weighted by Gasteiger charge is -2.10. The van der Waals surface area contributed by atoms with Gasteiger partial charge in [0.15, 0.2) is 5.96 Å². The lowest BCUT2D eigenvalue weighted by Crippen LogP contribution is -2.39. The second-order valence-electron chi connectivity index (χ2n) is 5.53. The highest BCUT2D eigenvalue weighted by Crippen LogP contribution is 2.18. The number of thiazole rings is 1. The van der Waals surface area contributed by atoms with Crippen molar-refractivity contribution >= 4 is 28.3 Å². The van der Waals surface area contributed by atoms with Crippen LogP contribution in [-0.4, -0.2) is 31.1 Å². The Hall–Kier alpha value is -2.34. The third-order valence-electron chi connectivity index (χ3n) is 3.70. The fourth-order valence-corrected chi connectivity index (χ4v) is 3.16. The monoisotopic (exact) mass is 342 g/mol. The van der Waals surface area contributed by atoms with Crippen molar-refractivity contribution in [3.63, 3.8) is 0 Å². The standard InChI is InChI=1S/C18H22N4OS/c1-13-22-15(12-24-13)7-9-20-18(19-2)21-10-8-16-11-14-5-3-4-6-17(14)23-16/h3-6,11-12H,7-10H2,1-2H3,(H2,19,20,21). The first-order valence-electron chi connectivity index (χ1n) is 8.07. The minimum absolute atomic E-state index is 0.773. The molecule has 0 aliphatic rings. The van der Waals surface area contributed by atoms with Crippen LogP contribution in [-0.2, 0) is 12.8 Å². The molecule has 24 heavy (non-hydrogen) atoms. The number of nitrogens with one attached hydrogen (secondary N) is 2. The predicted molar refractivity (Wildman–Crippen MR) is 99.8 cm³/mol. The van der Waals surface area contributed by atoms with Crippen LogP contribution in [0.4, 0.5) is 0 Å². The Kier molecular flexibility index (Phi) is 5.48. The van der Waals surface area contributed by atoms with Gasteiger partial charge in [0, 0.05) is 43.7 Å². The molecule has 5 nitrogen and oxygen atoms in total. The van der Waals surface area contributed by atoms with E-state index in [4.69, 9.17) is 4.42 Å². The smallest absolute Gasteiger partial charge is 0.191 e. The van der Waals surface area contributed by atoms with Gasteiger partial charge in [-0.15, -0.1) is 11.3 Å². The Morgan fingerprint density at radius 3 is 2.71 bits per heavy atom. The Morgan fingerprint density at radius 2 is 2.00 bits per heavy atom. The van der Waals surface area contributed by atoms with E-state index in [-0.39, 0.29) is 0 Å². The van der Waals surface area contributed by atoms with Gasteiger partial charge in [-0.05, 0) is 19.1 Å².